The smallest absolute Gasteiger partial charge is 0.230 e. The van der Waals surface area contributed by atoms with Crippen LogP contribution in [-0.2, 0) is 30.7 Å². The summed E-state index contributed by atoms with van der Waals surface area (Å²) in [7, 11) is 0. The number of nitrogens with one attached hydrogen (secondary N) is 1. The number of hydrogen-bond donors (Lipinski definition) is 1. The lowest BCUT2D eigenvalue weighted by atomic mass is 10.00. The second-order valence-corrected chi connectivity index (χ2v) is 8.59. The molecule has 4 nitrogen and oxygen atoms in total. The SMILES string of the molecule is O=C(Cc1cccc2ccccc12)Nc1nc(CN2CCc3ccccc3C2)cs1. The van der Waals surface area contributed by atoms with Gasteiger partial charge in [0.15, 0.2) is 5.13 Å². The van der Waals surface area contributed by atoms with Gasteiger partial charge in [-0.3, -0.25) is 9.69 Å². The summed E-state index contributed by atoms with van der Waals surface area (Å²) in [4.78, 5) is 19.7. The van der Waals surface area contributed by atoms with Crippen LogP contribution in [0.4, 0.5) is 5.13 Å². The van der Waals surface area contributed by atoms with Crippen molar-refractivity contribution in [2.45, 2.75) is 25.9 Å². The van der Waals surface area contributed by atoms with Gasteiger partial charge in [-0.25, -0.2) is 4.98 Å². The van der Waals surface area contributed by atoms with Crippen LogP contribution < -0.4 is 5.32 Å². The van der Waals surface area contributed by atoms with E-state index in [2.05, 4.69) is 57.7 Å². The topological polar surface area (TPSA) is 45.2 Å². The second kappa shape index (κ2) is 8.38. The van der Waals surface area contributed by atoms with Crippen LogP contribution in [0.15, 0.2) is 72.1 Å². The van der Waals surface area contributed by atoms with E-state index in [0.717, 1.165) is 48.1 Å². The summed E-state index contributed by atoms with van der Waals surface area (Å²) in [5, 5.41) is 7.98. The predicted octanol–water partition coefficient (Wildman–Crippen LogP) is 5.04. The van der Waals surface area contributed by atoms with Crippen molar-refractivity contribution in [1.82, 2.24) is 9.88 Å². The van der Waals surface area contributed by atoms with Crippen LogP contribution in [0.5, 0.6) is 0 Å². The minimum absolute atomic E-state index is 0.0286. The lowest BCUT2D eigenvalue weighted by Crippen LogP contribution is -2.30. The number of amides is 1. The highest BCUT2D eigenvalue weighted by molar-refractivity contribution is 7.13. The minimum Gasteiger partial charge on any atom is -0.302 e. The molecular formula is C25H23N3OS. The zero-order chi connectivity index (χ0) is 20.3. The maximum atomic E-state index is 12.6. The molecule has 3 aromatic carbocycles. The van der Waals surface area contributed by atoms with Crippen molar-refractivity contribution in [3.63, 3.8) is 0 Å². The standard InChI is InChI=1S/C25H23N3OS/c29-24(14-20-10-5-9-19-7-3-4-11-23(19)20)27-25-26-22(17-30-25)16-28-13-12-18-6-1-2-8-21(18)15-28/h1-11,17H,12-16H2,(H,26,27,29). The quantitative estimate of drug-likeness (QED) is 0.499. The summed E-state index contributed by atoms with van der Waals surface area (Å²) in [6, 6.07) is 22.9. The molecular weight excluding hydrogens is 390 g/mol. The largest absolute Gasteiger partial charge is 0.302 e. The number of rotatable bonds is 5. The Labute approximate surface area is 180 Å². The molecule has 0 unspecified atom stereocenters. The van der Waals surface area contributed by atoms with Gasteiger partial charge in [0.05, 0.1) is 12.1 Å². The number of thiazole rings is 1. The van der Waals surface area contributed by atoms with Crippen molar-refractivity contribution in [1.29, 1.82) is 0 Å². The van der Waals surface area contributed by atoms with Gasteiger partial charge in [-0.15, -0.1) is 11.3 Å². The Bertz CT molecular complexity index is 1190. The number of anilines is 1. The molecule has 1 aromatic heterocycles. The zero-order valence-corrected chi connectivity index (χ0v) is 17.5. The first-order valence-corrected chi connectivity index (χ1v) is 11.1. The average Bonchev–Trinajstić information content (AvgIpc) is 3.20. The summed E-state index contributed by atoms with van der Waals surface area (Å²) < 4.78 is 0. The molecule has 0 aliphatic carbocycles. The van der Waals surface area contributed by atoms with Gasteiger partial charge in [-0.05, 0) is 33.9 Å². The van der Waals surface area contributed by atoms with Gasteiger partial charge in [0.1, 0.15) is 0 Å². The molecule has 5 heteroatoms. The van der Waals surface area contributed by atoms with Crippen LogP contribution in [0, 0.1) is 0 Å². The first kappa shape index (κ1) is 19.0. The van der Waals surface area contributed by atoms with Gasteiger partial charge in [-0.2, -0.15) is 0 Å². The van der Waals surface area contributed by atoms with Gasteiger partial charge in [0.25, 0.3) is 0 Å². The summed E-state index contributed by atoms with van der Waals surface area (Å²) >= 11 is 1.50. The van der Waals surface area contributed by atoms with Crippen LogP contribution in [0.1, 0.15) is 22.4 Å². The first-order valence-electron chi connectivity index (χ1n) is 10.2. The Hall–Kier alpha value is -3.02. The third-order valence-corrected chi connectivity index (χ3v) is 6.43. The summed E-state index contributed by atoms with van der Waals surface area (Å²) in [6.07, 6.45) is 1.42. The number of nitrogens with zero attached hydrogens (tertiary/aromatic N) is 2. The molecule has 150 valence electrons. The fourth-order valence-electron chi connectivity index (χ4n) is 4.14. The van der Waals surface area contributed by atoms with E-state index in [1.165, 1.54) is 22.5 Å². The van der Waals surface area contributed by atoms with Gasteiger partial charge in [0.2, 0.25) is 5.91 Å². The Balaban J connectivity index is 1.21. The van der Waals surface area contributed by atoms with E-state index in [9.17, 15) is 4.79 Å². The summed E-state index contributed by atoms with van der Waals surface area (Å²) in [5.41, 5.74) is 4.91. The molecule has 0 radical (unpaired) electrons. The first-order chi connectivity index (χ1) is 14.7. The monoisotopic (exact) mass is 413 g/mol. The lowest BCUT2D eigenvalue weighted by molar-refractivity contribution is -0.115. The van der Waals surface area contributed by atoms with Crippen LogP contribution >= 0.6 is 11.3 Å². The number of carbonyl (C=O) groups is 1. The van der Waals surface area contributed by atoms with Crippen LogP contribution in [0.2, 0.25) is 0 Å². The van der Waals surface area contributed by atoms with E-state index < -0.39 is 0 Å². The van der Waals surface area contributed by atoms with Crippen LogP contribution in [0.25, 0.3) is 10.8 Å². The lowest BCUT2D eigenvalue weighted by Gasteiger charge is -2.27. The highest BCUT2D eigenvalue weighted by Crippen LogP contribution is 2.23. The number of benzene rings is 3. The Morgan fingerprint density at radius 1 is 1.00 bits per heavy atom. The Morgan fingerprint density at radius 2 is 1.80 bits per heavy atom. The number of aromatic nitrogens is 1. The van der Waals surface area contributed by atoms with Crippen LogP contribution in [-0.4, -0.2) is 22.3 Å². The van der Waals surface area contributed by atoms with Crippen molar-refractivity contribution < 1.29 is 4.79 Å². The highest BCUT2D eigenvalue weighted by Gasteiger charge is 2.17. The van der Waals surface area contributed by atoms with Crippen molar-refractivity contribution in [3.05, 3.63) is 94.5 Å². The van der Waals surface area contributed by atoms with Gasteiger partial charge >= 0.3 is 0 Å². The van der Waals surface area contributed by atoms with Gasteiger partial charge in [0, 0.05) is 25.0 Å². The molecule has 5 rings (SSSR count). The molecule has 2 heterocycles. The molecule has 0 atom stereocenters. The van der Waals surface area contributed by atoms with Crippen molar-refractivity contribution in [2.24, 2.45) is 0 Å². The maximum absolute atomic E-state index is 12.6. The van der Waals surface area contributed by atoms with E-state index in [-0.39, 0.29) is 5.91 Å². The van der Waals surface area contributed by atoms with E-state index in [1.807, 2.05) is 29.6 Å². The molecule has 0 bridgehead atoms. The average molecular weight is 414 g/mol. The zero-order valence-electron chi connectivity index (χ0n) is 16.7. The van der Waals surface area contributed by atoms with E-state index in [0.29, 0.717) is 11.6 Å². The fourth-order valence-corrected chi connectivity index (χ4v) is 4.86. The second-order valence-electron chi connectivity index (χ2n) is 7.74. The summed E-state index contributed by atoms with van der Waals surface area (Å²) in [6.45, 7) is 2.80. The van der Waals surface area contributed by atoms with Crippen molar-refractivity contribution in [3.8, 4) is 0 Å². The van der Waals surface area contributed by atoms with E-state index in [1.54, 1.807) is 0 Å². The van der Waals surface area contributed by atoms with Crippen LogP contribution in [0.3, 0.4) is 0 Å². The molecule has 0 fully saturated rings. The predicted molar refractivity (Wildman–Crippen MR) is 123 cm³/mol. The summed E-state index contributed by atoms with van der Waals surface area (Å²) in [5.74, 6) is -0.0286. The molecule has 0 saturated heterocycles. The molecule has 1 aliphatic rings. The molecule has 0 saturated carbocycles. The van der Waals surface area contributed by atoms with E-state index in [4.69, 9.17) is 0 Å². The molecule has 30 heavy (non-hydrogen) atoms. The van der Waals surface area contributed by atoms with Gasteiger partial charge < -0.3 is 5.32 Å². The van der Waals surface area contributed by atoms with Gasteiger partial charge in [-0.1, -0.05) is 66.7 Å². The molecule has 1 amide bonds. The fraction of sp³-hybridized carbons (Fsp3) is 0.200. The third-order valence-electron chi connectivity index (χ3n) is 5.62. The maximum Gasteiger partial charge on any atom is 0.230 e. The number of hydrogen-bond acceptors (Lipinski definition) is 4. The Morgan fingerprint density at radius 3 is 2.73 bits per heavy atom. The highest BCUT2D eigenvalue weighted by atomic mass is 32.1. The normalized spacial score (nSPS) is 13.9. The number of carbonyl (C=O) groups excluding carboxylic acids is 1. The minimum atomic E-state index is -0.0286. The van der Waals surface area contributed by atoms with Crippen molar-refractivity contribution in [2.75, 3.05) is 11.9 Å². The van der Waals surface area contributed by atoms with Crippen molar-refractivity contribution >= 4 is 33.1 Å². The Kier molecular flexibility index (Phi) is 5.30. The number of fused-ring (bicyclic) bond motifs is 2. The van der Waals surface area contributed by atoms with E-state index >= 15 is 0 Å². The molecule has 0 spiro atoms. The molecule has 1 N–H and O–H groups in total. The molecule has 4 aromatic rings. The molecule has 1 aliphatic heterocycles. The third kappa shape index (κ3) is 4.13.